The molecule has 0 aliphatic carbocycles. The van der Waals surface area contributed by atoms with Crippen molar-refractivity contribution < 1.29 is 9.53 Å². The molecular formula is C10H12BrNO2. The van der Waals surface area contributed by atoms with Crippen molar-refractivity contribution in [2.24, 2.45) is 5.73 Å². The van der Waals surface area contributed by atoms with E-state index in [2.05, 4.69) is 15.9 Å². The highest BCUT2D eigenvalue weighted by Crippen LogP contribution is 2.23. The number of benzene rings is 1. The van der Waals surface area contributed by atoms with Gasteiger partial charge < -0.3 is 10.5 Å². The van der Waals surface area contributed by atoms with Crippen LogP contribution in [0.5, 0.6) is 5.75 Å². The van der Waals surface area contributed by atoms with Crippen LogP contribution in [0.1, 0.15) is 16.8 Å². The fourth-order valence-corrected chi connectivity index (χ4v) is 1.69. The second-order valence-corrected chi connectivity index (χ2v) is 3.66. The van der Waals surface area contributed by atoms with Gasteiger partial charge in [-0.2, -0.15) is 0 Å². The number of ether oxygens (including phenoxy) is 1. The molecule has 3 nitrogen and oxygen atoms in total. The summed E-state index contributed by atoms with van der Waals surface area (Å²) in [7, 11) is 1.59. The SMILES string of the molecule is COc1ccc(C(=O)CCN)c(Br)c1. The summed E-state index contributed by atoms with van der Waals surface area (Å²) in [5.41, 5.74) is 5.96. The largest absolute Gasteiger partial charge is 0.497 e. The average Bonchev–Trinajstić information content (AvgIpc) is 2.17. The molecule has 76 valence electrons. The third kappa shape index (κ3) is 2.56. The lowest BCUT2D eigenvalue weighted by atomic mass is 10.1. The van der Waals surface area contributed by atoms with Gasteiger partial charge in [0.1, 0.15) is 5.75 Å². The van der Waals surface area contributed by atoms with Crippen LogP contribution in [-0.2, 0) is 0 Å². The molecule has 0 aliphatic heterocycles. The second kappa shape index (κ2) is 5.12. The van der Waals surface area contributed by atoms with Gasteiger partial charge in [0, 0.05) is 16.5 Å². The van der Waals surface area contributed by atoms with Gasteiger partial charge in [-0.05, 0) is 40.7 Å². The molecule has 2 N–H and O–H groups in total. The van der Waals surface area contributed by atoms with Crippen molar-refractivity contribution in [3.63, 3.8) is 0 Å². The van der Waals surface area contributed by atoms with Gasteiger partial charge in [-0.3, -0.25) is 4.79 Å². The number of rotatable bonds is 4. The smallest absolute Gasteiger partial charge is 0.165 e. The Hall–Kier alpha value is -0.870. The summed E-state index contributed by atoms with van der Waals surface area (Å²) in [4.78, 5) is 11.5. The van der Waals surface area contributed by atoms with Crippen LogP contribution in [0.25, 0.3) is 0 Å². The number of carbonyl (C=O) groups excluding carboxylic acids is 1. The van der Waals surface area contributed by atoms with Gasteiger partial charge in [0.25, 0.3) is 0 Å². The Bertz CT molecular complexity index is 339. The molecule has 1 rings (SSSR count). The third-order valence-electron chi connectivity index (χ3n) is 1.85. The topological polar surface area (TPSA) is 52.3 Å². The van der Waals surface area contributed by atoms with Crippen LogP contribution in [0.15, 0.2) is 22.7 Å². The Morgan fingerprint density at radius 2 is 2.29 bits per heavy atom. The molecule has 0 bridgehead atoms. The van der Waals surface area contributed by atoms with Crippen LogP contribution in [0.2, 0.25) is 0 Å². The summed E-state index contributed by atoms with van der Waals surface area (Å²) in [6.45, 7) is 0.372. The van der Waals surface area contributed by atoms with E-state index in [-0.39, 0.29) is 5.78 Å². The Labute approximate surface area is 91.4 Å². The summed E-state index contributed by atoms with van der Waals surface area (Å²) in [5, 5.41) is 0. The van der Waals surface area contributed by atoms with Gasteiger partial charge in [0.2, 0.25) is 0 Å². The van der Waals surface area contributed by atoms with Gasteiger partial charge in [-0.25, -0.2) is 0 Å². The maximum absolute atomic E-state index is 11.5. The lowest BCUT2D eigenvalue weighted by Crippen LogP contribution is -2.08. The molecule has 0 aliphatic rings. The highest BCUT2D eigenvalue weighted by molar-refractivity contribution is 9.10. The Balaban J connectivity index is 2.94. The van der Waals surface area contributed by atoms with Crippen LogP contribution in [0.3, 0.4) is 0 Å². The average molecular weight is 258 g/mol. The molecule has 0 saturated carbocycles. The van der Waals surface area contributed by atoms with Gasteiger partial charge in [-0.1, -0.05) is 0 Å². The first kappa shape index (κ1) is 11.2. The number of nitrogens with two attached hydrogens (primary N) is 1. The second-order valence-electron chi connectivity index (χ2n) is 2.81. The normalized spacial score (nSPS) is 9.93. The number of methoxy groups -OCH3 is 1. The fourth-order valence-electron chi connectivity index (χ4n) is 1.11. The van der Waals surface area contributed by atoms with Crippen molar-refractivity contribution in [3.05, 3.63) is 28.2 Å². The molecule has 0 aromatic heterocycles. The molecule has 0 spiro atoms. The van der Waals surface area contributed by atoms with E-state index in [0.717, 1.165) is 10.2 Å². The van der Waals surface area contributed by atoms with Crippen LogP contribution in [0.4, 0.5) is 0 Å². The molecule has 1 aromatic carbocycles. The third-order valence-corrected chi connectivity index (χ3v) is 2.50. The van der Waals surface area contributed by atoms with Crippen molar-refractivity contribution in [1.82, 2.24) is 0 Å². The van der Waals surface area contributed by atoms with Crippen molar-refractivity contribution in [3.8, 4) is 5.75 Å². The van der Waals surface area contributed by atoms with Crippen molar-refractivity contribution in [2.75, 3.05) is 13.7 Å². The molecule has 4 heteroatoms. The quantitative estimate of drug-likeness (QED) is 0.840. The van der Waals surface area contributed by atoms with E-state index in [0.29, 0.717) is 18.5 Å². The minimum Gasteiger partial charge on any atom is -0.497 e. The maximum Gasteiger partial charge on any atom is 0.165 e. The standard InChI is InChI=1S/C10H12BrNO2/c1-14-7-2-3-8(9(11)6-7)10(13)4-5-12/h2-3,6H,4-5,12H2,1H3. The molecule has 0 amide bonds. The lowest BCUT2D eigenvalue weighted by Gasteiger charge is -2.05. The highest BCUT2D eigenvalue weighted by atomic mass is 79.9. The summed E-state index contributed by atoms with van der Waals surface area (Å²) in [6, 6.07) is 5.26. The molecule has 0 atom stereocenters. The van der Waals surface area contributed by atoms with E-state index < -0.39 is 0 Å². The number of hydrogen-bond acceptors (Lipinski definition) is 3. The van der Waals surface area contributed by atoms with E-state index in [1.807, 2.05) is 0 Å². The van der Waals surface area contributed by atoms with E-state index in [1.165, 1.54) is 0 Å². The monoisotopic (exact) mass is 257 g/mol. The van der Waals surface area contributed by atoms with E-state index in [1.54, 1.807) is 25.3 Å². The summed E-state index contributed by atoms with van der Waals surface area (Å²) < 4.78 is 5.77. The molecule has 0 heterocycles. The minimum atomic E-state index is 0.0435. The predicted octanol–water partition coefficient (Wildman–Crippen LogP) is 1.99. The maximum atomic E-state index is 11.5. The van der Waals surface area contributed by atoms with E-state index in [4.69, 9.17) is 10.5 Å². The number of carbonyl (C=O) groups is 1. The Morgan fingerprint density at radius 1 is 1.57 bits per heavy atom. The Morgan fingerprint density at radius 3 is 2.79 bits per heavy atom. The van der Waals surface area contributed by atoms with Crippen molar-refractivity contribution in [2.45, 2.75) is 6.42 Å². The molecule has 0 saturated heterocycles. The first-order chi connectivity index (χ1) is 6.69. The summed E-state index contributed by atoms with van der Waals surface area (Å²) >= 11 is 3.32. The van der Waals surface area contributed by atoms with Gasteiger partial charge in [-0.15, -0.1) is 0 Å². The molecule has 0 unspecified atom stereocenters. The van der Waals surface area contributed by atoms with E-state index in [9.17, 15) is 4.79 Å². The summed E-state index contributed by atoms with van der Waals surface area (Å²) in [5.74, 6) is 0.767. The van der Waals surface area contributed by atoms with Gasteiger partial charge >= 0.3 is 0 Å². The molecule has 1 aromatic rings. The zero-order valence-corrected chi connectivity index (χ0v) is 9.50. The zero-order valence-electron chi connectivity index (χ0n) is 7.92. The van der Waals surface area contributed by atoms with E-state index >= 15 is 0 Å². The predicted molar refractivity (Wildman–Crippen MR) is 58.7 cm³/mol. The molecule has 0 radical (unpaired) electrons. The fraction of sp³-hybridized carbons (Fsp3) is 0.300. The number of halogens is 1. The van der Waals surface area contributed by atoms with Crippen molar-refractivity contribution in [1.29, 1.82) is 0 Å². The lowest BCUT2D eigenvalue weighted by molar-refractivity contribution is 0.0984. The number of hydrogen-bond donors (Lipinski definition) is 1. The van der Waals surface area contributed by atoms with Crippen LogP contribution in [0, 0.1) is 0 Å². The zero-order chi connectivity index (χ0) is 10.6. The van der Waals surface area contributed by atoms with Crippen molar-refractivity contribution >= 4 is 21.7 Å². The first-order valence-electron chi connectivity index (χ1n) is 4.26. The Kier molecular flexibility index (Phi) is 4.10. The van der Waals surface area contributed by atoms with Gasteiger partial charge in [0.15, 0.2) is 5.78 Å². The number of Topliss-reactive ketones (excluding diaryl/α,β-unsaturated/α-hetero) is 1. The minimum absolute atomic E-state index is 0.0435. The summed E-state index contributed by atoms with van der Waals surface area (Å²) in [6.07, 6.45) is 0.366. The van der Waals surface area contributed by atoms with Crippen LogP contribution < -0.4 is 10.5 Å². The first-order valence-corrected chi connectivity index (χ1v) is 5.05. The van der Waals surface area contributed by atoms with Crippen LogP contribution >= 0.6 is 15.9 Å². The number of ketones is 1. The molecular weight excluding hydrogens is 246 g/mol. The van der Waals surface area contributed by atoms with Crippen LogP contribution in [-0.4, -0.2) is 19.4 Å². The molecule has 0 fully saturated rings. The highest BCUT2D eigenvalue weighted by Gasteiger charge is 2.09. The molecule has 14 heavy (non-hydrogen) atoms. The van der Waals surface area contributed by atoms with Gasteiger partial charge in [0.05, 0.1) is 7.11 Å².